The van der Waals surface area contributed by atoms with E-state index in [1.807, 2.05) is 0 Å². The Morgan fingerprint density at radius 3 is 2.26 bits per heavy atom. The number of anilines is 1. The van der Waals surface area contributed by atoms with E-state index in [0.29, 0.717) is 11.3 Å². The van der Waals surface area contributed by atoms with Crippen LogP contribution in [0.3, 0.4) is 0 Å². The van der Waals surface area contributed by atoms with Crippen molar-refractivity contribution in [3.05, 3.63) is 94.2 Å². The van der Waals surface area contributed by atoms with Crippen LogP contribution in [-0.2, 0) is 16.0 Å². The zero-order valence-corrected chi connectivity index (χ0v) is 18.0. The van der Waals surface area contributed by atoms with Crippen LogP contribution in [0.25, 0.3) is 11.0 Å². The summed E-state index contributed by atoms with van der Waals surface area (Å²) in [5, 5.41) is 12.9. The van der Waals surface area contributed by atoms with Crippen LogP contribution in [-0.4, -0.2) is 38.3 Å². The lowest BCUT2D eigenvalue weighted by molar-refractivity contribution is -0.134. The van der Waals surface area contributed by atoms with Crippen molar-refractivity contribution in [2.24, 2.45) is 0 Å². The van der Waals surface area contributed by atoms with Gasteiger partial charge in [-0.25, -0.2) is 9.97 Å². The van der Waals surface area contributed by atoms with Crippen LogP contribution in [0.2, 0.25) is 0 Å². The number of Topliss-reactive ketones (excluding diaryl/α,β-unsaturated/α-hetero) is 1. The zero-order valence-electron chi connectivity index (χ0n) is 18.0. The molecule has 1 amide bonds. The van der Waals surface area contributed by atoms with Gasteiger partial charge in [-0.05, 0) is 30.7 Å². The Balaban J connectivity index is 1.52. The summed E-state index contributed by atoms with van der Waals surface area (Å²) in [7, 11) is 0. The third-order valence-electron chi connectivity index (χ3n) is 5.75. The Hall–Kier alpha value is -4.72. The number of hydrogen-bond acceptors (Lipinski definition) is 7. The third kappa shape index (κ3) is 3.41. The average Bonchev–Trinajstić information content (AvgIpc) is 2.83. The quantitative estimate of drug-likeness (QED) is 0.402. The number of aryl methyl sites for hydroxylation is 1. The number of rotatable bonds is 4. The molecule has 0 fully saturated rings. The molecule has 2 N–H and O–H groups in total. The summed E-state index contributed by atoms with van der Waals surface area (Å²) in [5.41, 5.74) is 2.18. The Morgan fingerprint density at radius 2 is 1.53 bits per heavy atom. The van der Waals surface area contributed by atoms with E-state index in [2.05, 4.69) is 15.3 Å². The Bertz CT molecular complexity index is 1560. The molecule has 4 aromatic rings. The lowest BCUT2D eigenvalue weighted by Gasteiger charge is -2.18. The maximum atomic E-state index is 13.2. The number of para-hydroxylation sites is 1. The van der Waals surface area contributed by atoms with Crippen LogP contribution in [0.15, 0.2) is 60.7 Å². The van der Waals surface area contributed by atoms with Gasteiger partial charge in [-0.3, -0.25) is 19.2 Å². The molecule has 0 aliphatic heterocycles. The normalized spacial score (nSPS) is 12.3. The topological polar surface area (TPSA) is 126 Å². The Kier molecular flexibility index (Phi) is 4.98. The third-order valence-corrected chi connectivity index (χ3v) is 5.75. The molecule has 0 saturated heterocycles. The van der Waals surface area contributed by atoms with Crippen molar-refractivity contribution in [1.29, 1.82) is 0 Å². The number of nitrogens with zero attached hydrogens (tertiary/aromatic N) is 2. The largest absolute Gasteiger partial charge is 0.492 e. The number of amides is 1. The summed E-state index contributed by atoms with van der Waals surface area (Å²) in [6.07, 6.45) is -0.533. The number of carbonyl (C=O) groups is 4. The average molecular weight is 451 g/mol. The summed E-state index contributed by atoms with van der Waals surface area (Å²) in [6, 6.07) is 16.4. The van der Waals surface area contributed by atoms with Crippen molar-refractivity contribution in [2.45, 2.75) is 13.3 Å². The minimum absolute atomic E-state index is 0.0618. The molecule has 8 heteroatoms. The fourth-order valence-corrected chi connectivity index (χ4v) is 3.98. The van der Waals surface area contributed by atoms with Gasteiger partial charge in [0.25, 0.3) is 5.91 Å². The van der Waals surface area contributed by atoms with Gasteiger partial charge in [0.05, 0.1) is 17.5 Å². The van der Waals surface area contributed by atoms with Crippen LogP contribution in [0, 0.1) is 6.92 Å². The van der Waals surface area contributed by atoms with Gasteiger partial charge in [0.2, 0.25) is 11.7 Å². The van der Waals surface area contributed by atoms with Gasteiger partial charge >= 0.3 is 0 Å². The molecular weight excluding hydrogens is 434 g/mol. The SMILES string of the molecule is Cc1ccccc1NC(=O)C(=O)Cc1nc2c3c(ccc2nc1O)C(=O)c1ccccc1C3=O. The molecular formula is C26H17N3O5. The summed E-state index contributed by atoms with van der Waals surface area (Å²) in [4.78, 5) is 59.5. The van der Waals surface area contributed by atoms with E-state index < -0.39 is 29.8 Å². The first-order chi connectivity index (χ1) is 16.3. The Morgan fingerprint density at radius 1 is 0.853 bits per heavy atom. The van der Waals surface area contributed by atoms with Gasteiger partial charge in [0.15, 0.2) is 11.6 Å². The maximum Gasteiger partial charge on any atom is 0.292 e. The smallest absolute Gasteiger partial charge is 0.292 e. The lowest BCUT2D eigenvalue weighted by atomic mass is 9.83. The van der Waals surface area contributed by atoms with Crippen LogP contribution in [0.5, 0.6) is 5.88 Å². The van der Waals surface area contributed by atoms with Crippen molar-refractivity contribution < 1.29 is 24.3 Å². The number of fused-ring (bicyclic) bond motifs is 4. The van der Waals surface area contributed by atoms with E-state index in [1.54, 1.807) is 55.5 Å². The fourth-order valence-electron chi connectivity index (χ4n) is 3.98. The van der Waals surface area contributed by atoms with Gasteiger partial charge in [0, 0.05) is 22.4 Å². The highest BCUT2D eigenvalue weighted by Crippen LogP contribution is 2.32. The van der Waals surface area contributed by atoms with Crippen LogP contribution in [0.4, 0.5) is 5.69 Å². The molecule has 0 spiro atoms. The van der Waals surface area contributed by atoms with E-state index in [-0.39, 0.29) is 39.2 Å². The van der Waals surface area contributed by atoms with Crippen molar-refractivity contribution in [3.63, 3.8) is 0 Å². The second kappa shape index (κ2) is 8.00. The van der Waals surface area contributed by atoms with Crippen molar-refractivity contribution in [1.82, 2.24) is 9.97 Å². The highest BCUT2D eigenvalue weighted by Gasteiger charge is 2.32. The van der Waals surface area contributed by atoms with E-state index in [1.165, 1.54) is 12.1 Å². The van der Waals surface area contributed by atoms with E-state index >= 15 is 0 Å². The molecule has 0 unspecified atom stereocenters. The first kappa shape index (κ1) is 21.1. The maximum absolute atomic E-state index is 13.2. The number of aromatic nitrogens is 2. The summed E-state index contributed by atoms with van der Waals surface area (Å²) < 4.78 is 0. The minimum Gasteiger partial charge on any atom is -0.492 e. The molecule has 34 heavy (non-hydrogen) atoms. The first-order valence-electron chi connectivity index (χ1n) is 10.5. The zero-order chi connectivity index (χ0) is 24.0. The summed E-state index contributed by atoms with van der Waals surface area (Å²) in [6.45, 7) is 1.79. The highest BCUT2D eigenvalue weighted by molar-refractivity contribution is 6.41. The Labute approximate surface area is 193 Å². The second-order valence-electron chi connectivity index (χ2n) is 7.92. The van der Waals surface area contributed by atoms with Crippen molar-refractivity contribution in [2.75, 3.05) is 5.32 Å². The standard InChI is InChI=1S/C26H17N3O5/c1-13-6-2-5-9-17(13)28-26(34)20(30)12-19-25(33)29-18-11-10-16-21(22(18)27-19)24(32)15-8-4-3-7-14(15)23(16)31/h2-11H,12H2,1H3,(H,28,34)(H,29,33). The fraction of sp³-hybridized carbons (Fsp3) is 0.0769. The molecule has 8 nitrogen and oxygen atoms in total. The molecule has 0 atom stereocenters. The lowest BCUT2D eigenvalue weighted by Crippen LogP contribution is -2.25. The van der Waals surface area contributed by atoms with Crippen molar-refractivity contribution in [3.8, 4) is 5.88 Å². The van der Waals surface area contributed by atoms with Gasteiger partial charge < -0.3 is 10.4 Å². The van der Waals surface area contributed by atoms with Gasteiger partial charge in [0.1, 0.15) is 11.2 Å². The second-order valence-corrected chi connectivity index (χ2v) is 7.92. The molecule has 0 bridgehead atoms. The molecule has 0 radical (unpaired) electrons. The molecule has 5 rings (SSSR count). The van der Waals surface area contributed by atoms with E-state index in [4.69, 9.17) is 0 Å². The van der Waals surface area contributed by atoms with Crippen LogP contribution >= 0.6 is 0 Å². The summed E-state index contributed by atoms with van der Waals surface area (Å²) >= 11 is 0. The predicted octanol–water partition coefficient (Wildman–Crippen LogP) is 3.17. The van der Waals surface area contributed by atoms with Crippen LogP contribution in [0.1, 0.15) is 43.1 Å². The molecule has 166 valence electrons. The number of carbonyl (C=O) groups excluding carboxylic acids is 4. The number of hydrogen-bond donors (Lipinski definition) is 2. The van der Waals surface area contributed by atoms with Gasteiger partial charge in [-0.2, -0.15) is 0 Å². The van der Waals surface area contributed by atoms with Gasteiger partial charge in [-0.15, -0.1) is 0 Å². The number of benzene rings is 3. The number of ketones is 3. The van der Waals surface area contributed by atoms with E-state index in [9.17, 15) is 24.3 Å². The molecule has 1 aliphatic carbocycles. The van der Waals surface area contributed by atoms with Crippen molar-refractivity contribution >= 4 is 40.0 Å². The monoisotopic (exact) mass is 451 g/mol. The molecule has 1 aliphatic rings. The van der Waals surface area contributed by atoms with Gasteiger partial charge in [-0.1, -0.05) is 42.5 Å². The predicted molar refractivity (Wildman–Crippen MR) is 123 cm³/mol. The number of nitrogens with one attached hydrogen (secondary N) is 1. The van der Waals surface area contributed by atoms with E-state index in [0.717, 1.165) is 5.56 Å². The molecule has 1 heterocycles. The summed E-state index contributed by atoms with van der Waals surface area (Å²) in [5.74, 6) is -2.96. The minimum atomic E-state index is -0.870. The number of aromatic hydroxyl groups is 1. The molecule has 1 aromatic heterocycles. The molecule has 0 saturated carbocycles. The molecule has 3 aromatic carbocycles. The first-order valence-corrected chi connectivity index (χ1v) is 10.5. The van der Waals surface area contributed by atoms with Crippen LogP contribution < -0.4 is 5.32 Å². The highest BCUT2D eigenvalue weighted by atomic mass is 16.3.